The summed E-state index contributed by atoms with van der Waals surface area (Å²) in [5.74, 6) is 2.60. The molecule has 420 valence electrons. The molecule has 14 rings (SSSR count). The largest absolute Gasteiger partial charge is 0.457 e. The minimum absolute atomic E-state index is 0.0456. The Morgan fingerprint density at radius 3 is 1.74 bits per heavy atom. The van der Waals surface area contributed by atoms with Crippen molar-refractivity contribution >= 4 is 81.9 Å². The first-order valence-corrected chi connectivity index (χ1v) is 34.1. The van der Waals surface area contributed by atoms with Gasteiger partial charge in [-0.15, -0.1) is 0 Å². The number of para-hydroxylation sites is 2. The number of allylic oxidation sites excluding steroid dienone is 1. The van der Waals surface area contributed by atoms with E-state index in [2.05, 4.69) is 298 Å². The Bertz CT molecular complexity index is 4250. The molecule has 7 heteroatoms. The summed E-state index contributed by atoms with van der Waals surface area (Å²) < 4.78 is 9.91. The average molecular weight is 1130 g/mol. The molecule has 0 saturated carbocycles. The normalized spacial score (nSPS) is 17.9. The van der Waals surface area contributed by atoms with Crippen LogP contribution in [0.3, 0.4) is 0 Å². The molecule has 5 nitrogen and oxygen atoms in total. The summed E-state index contributed by atoms with van der Waals surface area (Å²) in [5.41, 5.74) is 18.7. The summed E-state index contributed by atoms with van der Waals surface area (Å²) in [6, 6.07) is 69.5. The quantitative estimate of drug-likeness (QED) is 0.118. The van der Waals surface area contributed by atoms with Gasteiger partial charge in [-0.1, -0.05) is 204 Å². The molecule has 0 bridgehead atoms. The Kier molecular flexibility index (Phi) is 12.5. The molecule has 8 aromatic carbocycles. The van der Waals surface area contributed by atoms with Crippen molar-refractivity contribution in [3.8, 4) is 39.6 Å². The fraction of sp³-hybridized carbons (Fsp3) is 0.260. The highest BCUT2D eigenvalue weighted by atomic mass is 31.1. The summed E-state index contributed by atoms with van der Waals surface area (Å²) in [6.07, 6.45) is 7.84. The molecule has 0 amide bonds. The summed E-state index contributed by atoms with van der Waals surface area (Å²) >= 11 is 0. The molecular formula is C77H77N4OPSi. The molecule has 0 N–H and O–H groups in total. The number of ether oxygens (including phenoxy) is 1. The number of hydrogen-bond acceptors (Lipinski definition) is 4. The van der Waals surface area contributed by atoms with E-state index in [0.717, 1.165) is 40.6 Å². The molecule has 10 aromatic rings. The first-order valence-electron chi connectivity index (χ1n) is 30.2. The molecule has 84 heavy (non-hydrogen) atoms. The number of anilines is 4. The molecule has 1 spiro atoms. The van der Waals surface area contributed by atoms with Gasteiger partial charge < -0.3 is 14.5 Å². The third kappa shape index (κ3) is 8.60. The maximum Gasteiger partial charge on any atom is 0.158 e. The van der Waals surface area contributed by atoms with Gasteiger partial charge in [0.15, 0.2) is 8.07 Å². The second-order valence-corrected chi connectivity index (χ2v) is 34.2. The summed E-state index contributed by atoms with van der Waals surface area (Å²) in [6.45, 7) is 31.0. The van der Waals surface area contributed by atoms with Crippen LogP contribution >= 0.6 is 7.92 Å². The maximum absolute atomic E-state index is 7.46. The van der Waals surface area contributed by atoms with E-state index in [1.807, 2.05) is 6.20 Å². The van der Waals surface area contributed by atoms with Crippen LogP contribution < -0.4 is 40.7 Å². The number of hydrogen-bond donors (Lipinski definition) is 0. The van der Waals surface area contributed by atoms with Crippen molar-refractivity contribution in [2.24, 2.45) is 0 Å². The topological polar surface area (TPSA) is 33.5 Å². The fourth-order valence-corrected chi connectivity index (χ4v) is 24.0. The molecule has 1 unspecified atom stereocenters. The average Bonchev–Trinajstić information content (AvgIpc) is 1.48. The predicted molar refractivity (Wildman–Crippen MR) is 361 cm³/mol. The number of benzene rings is 8. The van der Waals surface area contributed by atoms with Crippen LogP contribution in [0, 0.1) is 0 Å². The summed E-state index contributed by atoms with van der Waals surface area (Å²) in [5, 5.41) is 9.04. The lowest BCUT2D eigenvalue weighted by atomic mass is 9.77. The van der Waals surface area contributed by atoms with E-state index in [1.54, 1.807) is 10.4 Å². The van der Waals surface area contributed by atoms with Crippen molar-refractivity contribution in [2.45, 2.75) is 117 Å². The van der Waals surface area contributed by atoms with Crippen molar-refractivity contribution in [3.63, 3.8) is 0 Å². The lowest BCUT2D eigenvalue weighted by Gasteiger charge is -2.44. The van der Waals surface area contributed by atoms with Crippen LogP contribution in [0.4, 0.5) is 22.7 Å². The summed E-state index contributed by atoms with van der Waals surface area (Å²) in [7, 11) is -3.28. The van der Waals surface area contributed by atoms with Crippen LogP contribution in [-0.2, 0) is 21.7 Å². The Balaban J connectivity index is 0.937. The molecule has 3 aliphatic heterocycles. The van der Waals surface area contributed by atoms with Gasteiger partial charge in [0.25, 0.3) is 0 Å². The standard InChI is InChI=1S/C77H77N4OPSi/c1-74(2,3)51-37-38-78-70(44-51)81-62-31-24-36-68-71(62)72-63(81)46-57(47-69(72)84(68)66-34-21-19-32-64(66)83(13)65-33-20-22-35-67(65)84)82-56-28-23-27-55(45-56)79-48-80(61-30-18-17-29-60(61)79)73-58(49-25-15-14-16-26-49)42-54(77(10,11)12)43-59(73)50-39-52(75(4,5)6)41-53(40-50)76(7,8)9/h14-35,37-47,68H,36,48H2,1-13H3. The van der Waals surface area contributed by atoms with Crippen LogP contribution in [-0.4, -0.2) is 31.0 Å². The van der Waals surface area contributed by atoms with Gasteiger partial charge in [-0.2, -0.15) is 0 Å². The van der Waals surface area contributed by atoms with Crippen molar-refractivity contribution < 1.29 is 4.74 Å². The van der Waals surface area contributed by atoms with Gasteiger partial charge in [-0.05, 0) is 174 Å². The number of rotatable bonds is 7. The van der Waals surface area contributed by atoms with E-state index >= 15 is 0 Å². The minimum atomic E-state index is -2.75. The molecule has 0 radical (unpaired) electrons. The predicted octanol–water partition coefficient (Wildman–Crippen LogP) is 17.5. The van der Waals surface area contributed by atoms with Crippen molar-refractivity contribution in [3.05, 3.63) is 228 Å². The smallest absolute Gasteiger partial charge is 0.158 e. The van der Waals surface area contributed by atoms with Crippen molar-refractivity contribution in [2.75, 3.05) is 23.1 Å². The molecular weight excluding hydrogens is 1060 g/mol. The molecule has 1 aliphatic carbocycles. The maximum atomic E-state index is 7.46. The first kappa shape index (κ1) is 54.2. The van der Waals surface area contributed by atoms with E-state index in [0.29, 0.717) is 12.2 Å². The SMILES string of the molecule is CP1c2ccccc2[Si]2(c3ccccc31)c1cc(Oc3cccc(N4CN(c5c(-c6ccccc6)cc(C(C)(C)C)cc5-c5cc(C(C)(C)C)cc(C(C)(C)C)c5)c5ccccc54)c3)cc3c1c1c(n3-c3cc(C(C)(C)C)ccn3)C=CCC12. The zero-order valence-corrected chi connectivity index (χ0v) is 53.1. The highest BCUT2D eigenvalue weighted by Gasteiger charge is 2.58. The van der Waals surface area contributed by atoms with E-state index in [-0.39, 0.29) is 21.7 Å². The van der Waals surface area contributed by atoms with Gasteiger partial charge in [0, 0.05) is 40.5 Å². The zero-order chi connectivity index (χ0) is 58.4. The van der Waals surface area contributed by atoms with E-state index < -0.39 is 16.0 Å². The second-order valence-electron chi connectivity index (χ2n) is 28.2. The Morgan fingerprint density at radius 1 is 0.512 bits per heavy atom. The van der Waals surface area contributed by atoms with Crippen LogP contribution in [0.25, 0.3) is 45.1 Å². The molecule has 0 saturated heterocycles. The second kappa shape index (κ2) is 19.4. The number of nitrogens with zero attached hydrogens (tertiary/aromatic N) is 4. The Morgan fingerprint density at radius 2 is 1.10 bits per heavy atom. The molecule has 1 atom stereocenters. The Labute approximate surface area is 500 Å². The van der Waals surface area contributed by atoms with Crippen LogP contribution in [0.2, 0.25) is 0 Å². The first-order chi connectivity index (χ1) is 40.1. The number of pyridine rings is 1. The van der Waals surface area contributed by atoms with Gasteiger partial charge in [0.1, 0.15) is 24.0 Å². The van der Waals surface area contributed by atoms with Gasteiger partial charge >= 0.3 is 0 Å². The fourth-order valence-electron chi connectivity index (χ4n) is 14.3. The van der Waals surface area contributed by atoms with Gasteiger partial charge in [-0.25, -0.2) is 4.98 Å². The van der Waals surface area contributed by atoms with Gasteiger partial charge in [0.05, 0.1) is 28.3 Å². The van der Waals surface area contributed by atoms with E-state index in [4.69, 9.17) is 9.72 Å². The van der Waals surface area contributed by atoms with Gasteiger partial charge in [0.2, 0.25) is 0 Å². The molecule has 5 heterocycles. The van der Waals surface area contributed by atoms with Crippen molar-refractivity contribution in [1.29, 1.82) is 0 Å². The molecule has 0 fully saturated rings. The number of aromatic nitrogens is 2. The van der Waals surface area contributed by atoms with Gasteiger partial charge in [-0.3, -0.25) is 4.57 Å². The van der Waals surface area contributed by atoms with Crippen LogP contribution in [0.5, 0.6) is 11.5 Å². The van der Waals surface area contributed by atoms with Crippen molar-refractivity contribution in [1.82, 2.24) is 9.55 Å². The lowest BCUT2D eigenvalue weighted by Crippen LogP contribution is -2.76. The summed E-state index contributed by atoms with van der Waals surface area (Å²) in [4.78, 5) is 10.2. The third-order valence-corrected chi connectivity index (χ3v) is 26.7. The molecule has 4 aliphatic rings. The third-order valence-electron chi connectivity index (χ3n) is 18.7. The minimum Gasteiger partial charge on any atom is -0.457 e. The Hall–Kier alpha value is -7.76. The lowest BCUT2D eigenvalue weighted by molar-refractivity contribution is 0.483. The van der Waals surface area contributed by atoms with Crippen LogP contribution in [0.15, 0.2) is 194 Å². The van der Waals surface area contributed by atoms with Crippen LogP contribution in [0.1, 0.15) is 129 Å². The zero-order valence-electron chi connectivity index (χ0n) is 51.2. The highest BCUT2D eigenvalue weighted by Crippen LogP contribution is 2.54. The van der Waals surface area contributed by atoms with E-state index in [9.17, 15) is 0 Å². The monoisotopic (exact) mass is 1130 g/mol. The van der Waals surface area contributed by atoms with E-state index in [1.165, 1.54) is 88.3 Å². The number of fused-ring (bicyclic) bond motifs is 7. The highest BCUT2D eigenvalue weighted by molar-refractivity contribution is 7.74. The molecule has 2 aromatic heterocycles.